The molecule has 0 aliphatic heterocycles. The highest BCUT2D eigenvalue weighted by Crippen LogP contribution is 2.27. The molecule has 0 fully saturated rings. The lowest BCUT2D eigenvalue weighted by Gasteiger charge is -2.13. The standard InChI is InChI=1S/C17H17ClN2O4/c1-10-7-13(18)8-11(2)17(10)24-9-16(21)19-14-5-4-6-15(12(14)3)20(22)23/h4-8H,9H2,1-3H3,(H,19,21). The molecule has 0 aromatic heterocycles. The molecule has 0 saturated carbocycles. The number of benzene rings is 2. The Kier molecular flexibility index (Phi) is 5.41. The third-order valence-electron chi connectivity index (χ3n) is 3.55. The van der Waals surface area contributed by atoms with Gasteiger partial charge in [-0.3, -0.25) is 14.9 Å². The summed E-state index contributed by atoms with van der Waals surface area (Å²) in [6.07, 6.45) is 0. The van der Waals surface area contributed by atoms with Crippen LogP contribution in [0.2, 0.25) is 5.02 Å². The van der Waals surface area contributed by atoms with Crippen molar-refractivity contribution in [2.45, 2.75) is 20.8 Å². The zero-order valence-electron chi connectivity index (χ0n) is 13.6. The molecule has 2 rings (SSSR count). The number of carbonyl (C=O) groups excluding carboxylic acids is 1. The van der Waals surface area contributed by atoms with Gasteiger partial charge >= 0.3 is 0 Å². The van der Waals surface area contributed by atoms with Crippen LogP contribution in [0, 0.1) is 30.9 Å². The number of nitro groups is 1. The summed E-state index contributed by atoms with van der Waals surface area (Å²) in [5.74, 6) is 0.206. The molecule has 0 bridgehead atoms. The summed E-state index contributed by atoms with van der Waals surface area (Å²) in [6, 6.07) is 8.04. The molecule has 0 aliphatic rings. The maximum Gasteiger partial charge on any atom is 0.274 e. The van der Waals surface area contributed by atoms with Gasteiger partial charge in [0.05, 0.1) is 16.2 Å². The van der Waals surface area contributed by atoms with Gasteiger partial charge in [0, 0.05) is 11.1 Å². The number of hydrogen-bond donors (Lipinski definition) is 1. The number of amides is 1. The van der Waals surface area contributed by atoms with Gasteiger partial charge in [-0.2, -0.15) is 0 Å². The Labute approximate surface area is 144 Å². The van der Waals surface area contributed by atoms with Crippen LogP contribution in [0.1, 0.15) is 16.7 Å². The lowest BCUT2D eigenvalue weighted by atomic mass is 10.1. The molecule has 0 atom stereocenters. The van der Waals surface area contributed by atoms with Crippen LogP contribution in [0.4, 0.5) is 11.4 Å². The van der Waals surface area contributed by atoms with Gasteiger partial charge in [-0.15, -0.1) is 0 Å². The SMILES string of the molecule is Cc1cc(Cl)cc(C)c1OCC(=O)Nc1cccc([N+](=O)[O-])c1C. The quantitative estimate of drug-likeness (QED) is 0.648. The van der Waals surface area contributed by atoms with Gasteiger partial charge in [0.25, 0.3) is 11.6 Å². The predicted octanol–water partition coefficient (Wildman–Crippen LogP) is 4.19. The van der Waals surface area contributed by atoms with Crippen LogP contribution in [0.5, 0.6) is 5.75 Å². The Balaban J connectivity index is 2.08. The van der Waals surface area contributed by atoms with E-state index in [4.69, 9.17) is 16.3 Å². The third-order valence-corrected chi connectivity index (χ3v) is 3.77. The summed E-state index contributed by atoms with van der Waals surface area (Å²) in [7, 11) is 0. The van der Waals surface area contributed by atoms with Crippen LogP contribution in [-0.4, -0.2) is 17.4 Å². The molecule has 0 spiro atoms. The molecule has 0 unspecified atom stereocenters. The molecular formula is C17H17ClN2O4. The lowest BCUT2D eigenvalue weighted by Crippen LogP contribution is -2.21. The Morgan fingerprint density at radius 1 is 1.25 bits per heavy atom. The predicted molar refractivity (Wildman–Crippen MR) is 92.9 cm³/mol. The molecule has 6 nitrogen and oxygen atoms in total. The summed E-state index contributed by atoms with van der Waals surface area (Å²) in [5.41, 5.74) is 2.41. The number of anilines is 1. The second kappa shape index (κ2) is 7.31. The van der Waals surface area contributed by atoms with E-state index in [0.29, 0.717) is 22.0 Å². The highest BCUT2D eigenvalue weighted by Gasteiger charge is 2.15. The zero-order chi connectivity index (χ0) is 17.9. The molecule has 126 valence electrons. The number of carbonyl (C=O) groups is 1. The van der Waals surface area contributed by atoms with E-state index in [1.54, 1.807) is 25.1 Å². The molecule has 0 saturated heterocycles. The van der Waals surface area contributed by atoms with Crippen molar-refractivity contribution >= 4 is 28.9 Å². The van der Waals surface area contributed by atoms with Crippen LogP contribution in [0.3, 0.4) is 0 Å². The van der Waals surface area contributed by atoms with Gasteiger partial charge in [-0.25, -0.2) is 0 Å². The number of ether oxygens (including phenoxy) is 1. The molecule has 24 heavy (non-hydrogen) atoms. The normalized spacial score (nSPS) is 10.3. The first kappa shape index (κ1) is 17.7. The van der Waals surface area contributed by atoms with Crippen molar-refractivity contribution in [3.63, 3.8) is 0 Å². The first-order valence-electron chi connectivity index (χ1n) is 7.23. The van der Waals surface area contributed by atoms with Crippen molar-refractivity contribution in [2.24, 2.45) is 0 Å². The van der Waals surface area contributed by atoms with E-state index in [-0.39, 0.29) is 12.3 Å². The molecule has 0 aliphatic carbocycles. The van der Waals surface area contributed by atoms with Gasteiger partial charge in [-0.05, 0) is 50.1 Å². The van der Waals surface area contributed by atoms with Gasteiger partial charge < -0.3 is 10.1 Å². The Bertz CT molecular complexity index is 782. The van der Waals surface area contributed by atoms with Crippen LogP contribution >= 0.6 is 11.6 Å². The van der Waals surface area contributed by atoms with Crippen molar-refractivity contribution in [3.05, 3.63) is 62.2 Å². The molecule has 0 radical (unpaired) electrons. The molecule has 0 heterocycles. The van der Waals surface area contributed by atoms with Gasteiger partial charge in [0.15, 0.2) is 6.61 Å². The summed E-state index contributed by atoms with van der Waals surface area (Å²) in [4.78, 5) is 22.5. The van der Waals surface area contributed by atoms with E-state index in [0.717, 1.165) is 11.1 Å². The number of halogens is 1. The maximum atomic E-state index is 12.1. The summed E-state index contributed by atoms with van der Waals surface area (Å²) >= 11 is 5.96. The average Bonchev–Trinajstić information content (AvgIpc) is 2.48. The first-order chi connectivity index (χ1) is 11.3. The summed E-state index contributed by atoms with van der Waals surface area (Å²) < 4.78 is 5.57. The van der Waals surface area contributed by atoms with Crippen molar-refractivity contribution in [1.29, 1.82) is 0 Å². The minimum atomic E-state index is -0.484. The number of hydrogen-bond acceptors (Lipinski definition) is 4. The fourth-order valence-electron chi connectivity index (χ4n) is 2.41. The Morgan fingerprint density at radius 2 is 1.88 bits per heavy atom. The van der Waals surface area contributed by atoms with E-state index in [9.17, 15) is 14.9 Å². The van der Waals surface area contributed by atoms with Crippen molar-refractivity contribution in [2.75, 3.05) is 11.9 Å². The molecular weight excluding hydrogens is 332 g/mol. The minimum absolute atomic E-state index is 0.0434. The maximum absolute atomic E-state index is 12.1. The number of nitro benzene ring substituents is 1. The topological polar surface area (TPSA) is 81.5 Å². The van der Waals surface area contributed by atoms with Crippen LogP contribution in [0.25, 0.3) is 0 Å². The molecule has 1 N–H and O–H groups in total. The Morgan fingerprint density at radius 3 is 2.46 bits per heavy atom. The Hall–Kier alpha value is -2.60. The van der Waals surface area contributed by atoms with Crippen molar-refractivity contribution < 1.29 is 14.5 Å². The fraction of sp³-hybridized carbons (Fsp3) is 0.235. The van der Waals surface area contributed by atoms with E-state index < -0.39 is 10.8 Å². The fourth-order valence-corrected chi connectivity index (χ4v) is 2.73. The van der Waals surface area contributed by atoms with Gasteiger partial charge in [-0.1, -0.05) is 17.7 Å². The van der Waals surface area contributed by atoms with E-state index in [1.807, 2.05) is 13.8 Å². The zero-order valence-corrected chi connectivity index (χ0v) is 14.3. The largest absolute Gasteiger partial charge is 0.483 e. The second-order valence-electron chi connectivity index (χ2n) is 5.41. The molecule has 1 amide bonds. The molecule has 2 aromatic carbocycles. The van der Waals surface area contributed by atoms with Crippen LogP contribution in [-0.2, 0) is 4.79 Å². The highest BCUT2D eigenvalue weighted by molar-refractivity contribution is 6.30. The summed E-state index contributed by atoms with van der Waals surface area (Å²) in [5, 5.41) is 14.2. The van der Waals surface area contributed by atoms with Crippen molar-refractivity contribution in [3.8, 4) is 5.75 Å². The van der Waals surface area contributed by atoms with Gasteiger partial charge in [0.2, 0.25) is 0 Å². The second-order valence-corrected chi connectivity index (χ2v) is 5.85. The highest BCUT2D eigenvalue weighted by atomic mass is 35.5. The lowest BCUT2D eigenvalue weighted by molar-refractivity contribution is -0.385. The minimum Gasteiger partial charge on any atom is -0.483 e. The number of nitrogens with zero attached hydrogens (tertiary/aromatic N) is 1. The van der Waals surface area contributed by atoms with Crippen LogP contribution < -0.4 is 10.1 Å². The van der Waals surface area contributed by atoms with Gasteiger partial charge in [0.1, 0.15) is 5.75 Å². The molecule has 7 heteroatoms. The number of nitrogens with one attached hydrogen (secondary N) is 1. The van der Waals surface area contributed by atoms with E-state index in [1.165, 1.54) is 12.1 Å². The monoisotopic (exact) mass is 348 g/mol. The van der Waals surface area contributed by atoms with Crippen LogP contribution in [0.15, 0.2) is 30.3 Å². The van der Waals surface area contributed by atoms with E-state index >= 15 is 0 Å². The average molecular weight is 349 g/mol. The van der Waals surface area contributed by atoms with E-state index in [2.05, 4.69) is 5.32 Å². The third kappa shape index (κ3) is 4.02. The summed E-state index contributed by atoms with van der Waals surface area (Å²) in [6.45, 7) is 5.07. The number of aryl methyl sites for hydroxylation is 2. The smallest absolute Gasteiger partial charge is 0.274 e. The van der Waals surface area contributed by atoms with Crippen molar-refractivity contribution in [1.82, 2.24) is 0 Å². The first-order valence-corrected chi connectivity index (χ1v) is 7.60. The molecule has 2 aromatic rings. The number of rotatable bonds is 5.